The largest absolute Gasteiger partial charge is 0.349 e. The smallest absolute Gasteiger partial charge is 0.251 e. The van der Waals surface area contributed by atoms with E-state index in [9.17, 15) is 13.2 Å². The second kappa shape index (κ2) is 7.29. The van der Waals surface area contributed by atoms with Crippen LogP contribution >= 0.6 is 12.4 Å². The average Bonchev–Trinajstić information content (AvgIpc) is 2.90. The van der Waals surface area contributed by atoms with Crippen molar-refractivity contribution in [2.75, 3.05) is 23.7 Å². The van der Waals surface area contributed by atoms with E-state index in [2.05, 4.69) is 17.6 Å². The molecular weight excluding hydrogens is 350 g/mol. The van der Waals surface area contributed by atoms with Crippen LogP contribution in [0.2, 0.25) is 0 Å². The molecule has 1 aromatic carbocycles. The van der Waals surface area contributed by atoms with Crippen LogP contribution in [0.15, 0.2) is 18.2 Å². The van der Waals surface area contributed by atoms with Gasteiger partial charge in [-0.25, -0.2) is 8.42 Å². The maximum absolute atomic E-state index is 12.4. The van der Waals surface area contributed by atoms with E-state index in [1.807, 2.05) is 6.07 Å². The van der Waals surface area contributed by atoms with Crippen molar-refractivity contribution in [2.45, 2.75) is 38.3 Å². The fraction of sp³-hybridized carbons (Fsp3) is 0.562. The van der Waals surface area contributed by atoms with Gasteiger partial charge in [0, 0.05) is 24.2 Å². The molecule has 24 heavy (non-hydrogen) atoms. The van der Waals surface area contributed by atoms with Gasteiger partial charge in [0.25, 0.3) is 5.91 Å². The fourth-order valence-electron chi connectivity index (χ4n) is 3.39. The molecule has 1 fully saturated rings. The van der Waals surface area contributed by atoms with Crippen LogP contribution in [-0.2, 0) is 16.4 Å². The first-order valence-corrected chi connectivity index (χ1v) is 9.84. The minimum absolute atomic E-state index is 0. The van der Waals surface area contributed by atoms with Crippen LogP contribution < -0.4 is 14.9 Å². The lowest BCUT2D eigenvalue weighted by Crippen LogP contribution is -2.46. The van der Waals surface area contributed by atoms with Gasteiger partial charge in [-0.05, 0) is 56.5 Å². The number of carbonyl (C=O) groups is 1. The van der Waals surface area contributed by atoms with Gasteiger partial charge in [0.1, 0.15) is 0 Å². The molecule has 2 heterocycles. The third-order valence-corrected chi connectivity index (χ3v) is 5.73. The van der Waals surface area contributed by atoms with E-state index in [1.54, 1.807) is 12.1 Å². The van der Waals surface area contributed by atoms with Crippen molar-refractivity contribution in [3.8, 4) is 0 Å². The maximum atomic E-state index is 12.4. The summed E-state index contributed by atoms with van der Waals surface area (Å²) in [5.74, 6) is -0.0790. The lowest BCUT2D eigenvalue weighted by atomic mass is 10.00. The van der Waals surface area contributed by atoms with E-state index < -0.39 is 10.0 Å². The molecule has 6 nitrogen and oxygen atoms in total. The van der Waals surface area contributed by atoms with Gasteiger partial charge in [0.05, 0.1) is 11.9 Å². The Bertz CT molecular complexity index is 723. The topological polar surface area (TPSA) is 78.5 Å². The molecule has 1 aromatic rings. The standard InChI is InChI=1S/C16H23N3O3S.ClH/c1-11-9-14(5-7-17-11)18-16(20)13-3-4-15-12(10-13)6-8-19(15)23(2,21)22;/h3-4,10-11,14,17H,5-9H2,1-2H3,(H,18,20);1H. The summed E-state index contributed by atoms with van der Waals surface area (Å²) in [6, 6.07) is 5.88. The normalized spacial score (nSPS) is 23.3. The molecule has 0 radical (unpaired) electrons. The summed E-state index contributed by atoms with van der Waals surface area (Å²) in [7, 11) is -3.25. The van der Waals surface area contributed by atoms with Crippen molar-refractivity contribution >= 4 is 34.0 Å². The van der Waals surface area contributed by atoms with Crippen LogP contribution in [0, 0.1) is 0 Å². The summed E-state index contributed by atoms with van der Waals surface area (Å²) >= 11 is 0. The number of fused-ring (bicyclic) bond motifs is 1. The molecule has 0 saturated carbocycles. The molecule has 0 bridgehead atoms. The molecule has 1 saturated heterocycles. The number of benzene rings is 1. The van der Waals surface area contributed by atoms with E-state index in [-0.39, 0.29) is 24.4 Å². The molecule has 2 aliphatic rings. The molecule has 3 rings (SSSR count). The average molecular weight is 374 g/mol. The van der Waals surface area contributed by atoms with Gasteiger partial charge in [0.15, 0.2) is 0 Å². The Morgan fingerprint density at radius 2 is 2.12 bits per heavy atom. The second-order valence-corrected chi connectivity index (χ2v) is 8.39. The summed E-state index contributed by atoms with van der Waals surface area (Å²) in [6.07, 6.45) is 3.72. The van der Waals surface area contributed by atoms with Gasteiger partial charge in [-0.3, -0.25) is 9.10 Å². The number of piperidine rings is 1. The highest BCUT2D eigenvalue weighted by Gasteiger charge is 2.27. The Morgan fingerprint density at radius 3 is 2.79 bits per heavy atom. The van der Waals surface area contributed by atoms with E-state index in [1.165, 1.54) is 10.6 Å². The minimum Gasteiger partial charge on any atom is -0.349 e. The van der Waals surface area contributed by atoms with Crippen LogP contribution in [0.4, 0.5) is 5.69 Å². The minimum atomic E-state index is -3.25. The predicted octanol–water partition coefficient (Wildman–Crippen LogP) is 1.30. The number of hydrogen-bond acceptors (Lipinski definition) is 4. The first kappa shape index (κ1) is 19.0. The van der Waals surface area contributed by atoms with Crippen LogP contribution in [0.25, 0.3) is 0 Å². The van der Waals surface area contributed by atoms with Crippen molar-refractivity contribution in [3.63, 3.8) is 0 Å². The van der Waals surface area contributed by atoms with Crippen LogP contribution in [0.5, 0.6) is 0 Å². The van der Waals surface area contributed by atoms with Gasteiger partial charge >= 0.3 is 0 Å². The number of nitrogens with zero attached hydrogens (tertiary/aromatic N) is 1. The van der Waals surface area contributed by atoms with Crippen LogP contribution in [0.3, 0.4) is 0 Å². The highest BCUT2D eigenvalue weighted by molar-refractivity contribution is 7.92. The number of nitrogens with one attached hydrogen (secondary N) is 2. The zero-order valence-electron chi connectivity index (χ0n) is 13.9. The van der Waals surface area contributed by atoms with Crippen molar-refractivity contribution in [3.05, 3.63) is 29.3 Å². The molecule has 2 aliphatic heterocycles. The lowest BCUT2D eigenvalue weighted by molar-refractivity contribution is 0.0925. The zero-order valence-corrected chi connectivity index (χ0v) is 15.5. The highest BCUT2D eigenvalue weighted by atomic mass is 35.5. The maximum Gasteiger partial charge on any atom is 0.251 e. The molecule has 0 spiro atoms. The molecule has 134 valence electrons. The van der Waals surface area contributed by atoms with Crippen molar-refractivity contribution < 1.29 is 13.2 Å². The Balaban J connectivity index is 0.00000208. The summed E-state index contributed by atoms with van der Waals surface area (Å²) < 4.78 is 24.9. The van der Waals surface area contributed by atoms with Crippen molar-refractivity contribution in [2.24, 2.45) is 0 Å². The monoisotopic (exact) mass is 373 g/mol. The first-order valence-electron chi connectivity index (χ1n) is 7.99. The quantitative estimate of drug-likeness (QED) is 0.837. The number of sulfonamides is 1. The lowest BCUT2D eigenvalue weighted by Gasteiger charge is -2.28. The van der Waals surface area contributed by atoms with Crippen LogP contribution in [0.1, 0.15) is 35.7 Å². The number of hydrogen-bond donors (Lipinski definition) is 2. The third kappa shape index (κ3) is 4.02. The second-order valence-electron chi connectivity index (χ2n) is 6.48. The van der Waals surface area contributed by atoms with E-state index >= 15 is 0 Å². The molecule has 2 N–H and O–H groups in total. The molecule has 1 amide bonds. The van der Waals surface area contributed by atoms with E-state index in [0.717, 1.165) is 24.9 Å². The molecule has 0 aliphatic carbocycles. The molecule has 2 unspecified atom stereocenters. The Morgan fingerprint density at radius 1 is 1.38 bits per heavy atom. The van der Waals surface area contributed by atoms with Crippen molar-refractivity contribution in [1.29, 1.82) is 0 Å². The number of rotatable bonds is 3. The van der Waals surface area contributed by atoms with Gasteiger partial charge in [0.2, 0.25) is 10.0 Å². The van der Waals surface area contributed by atoms with Crippen LogP contribution in [-0.4, -0.2) is 45.8 Å². The molecular formula is C16H24ClN3O3S. The zero-order chi connectivity index (χ0) is 16.6. The van der Waals surface area contributed by atoms with Crippen molar-refractivity contribution in [1.82, 2.24) is 10.6 Å². The van der Waals surface area contributed by atoms with E-state index in [4.69, 9.17) is 0 Å². The summed E-state index contributed by atoms with van der Waals surface area (Å²) in [5.41, 5.74) is 2.21. The number of carbonyl (C=O) groups excluding carboxylic acids is 1. The predicted molar refractivity (Wildman–Crippen MR) is 97.5 cm³/mol. The van der Waals surface area contributed by atoms with Gasteiger partial charge in [-0.2, -0.15) is 0 Å². The number of anilines is 1. The first-order chi connectivity index (χ1) is 10.8. The third-order valence-electron chi connectivity index (χ3n) is 4.55. The Labute approximate surface area is 149 Å². The summed E-state index contributed by atoms with van der Waals surface area (Å²) in [6.45, 7) is 3.48. The van der Waals surface area contributed by atoms with Gasteiger partial charge in [-0.1, -0.05) is 0 Å². The molecule has 2 atom stereocenters. The van der Waals surface area contributed by atoms with Gasteiger partial charge in [-0.15, -0.1) is 12.4 Å². The summed E-state index contributed by atoms with van der Waals surface area (Å²) in [5, 5.41) is 6.45. The van der Waals surface area contributed by atoms with Gasteiger partial charge < -0.3 is 10.6 Å². The summed E-state index contributed by atoms with van der Waals surface area (Å²) in [4.78, 5) is 12.4. The number of halogens is 1. The van der Waals surface area contributed by atoms with E-state index in [0.29, 0.717) is 30.3 Å². The molecule has 0 aromatic heterocycles. The number of amides is 1. The SMILES string of the molecule is CC1CC(NC(=O)c2ccc3c(c2)CCN3S(C)(=O)=O)CCN1.Cl. The Hall–Kier alpha value is -1.31. The Kier molecular flexibility index (Phi) is 5.78. The highest BCUT2D eigenvalue weighted by Crippen LogP contribution is 2.30. The fourth-order valence-corrected chi connectivity index (χ4v) is 4.35. The molecule has 8 heteroatoms.